The number of benzene rings is 1. The van der Waals surface area contributed by atoms with Gasteiger partial charge in [0.1, 0.15) is 5.82 Å². The number of piperidine rings is 1. The van der Waals surface area contributed by atoms with Gasteiger partial charge in [0.15, 0.2) is 0 Å². The van der Waals surface area contributed by atoms with Crippen molar-refractivity contribution in [3.8, 4) is 5.69 Å². The summed E-state index contributed by atoms with van der Waals surface area (Å²) in [4.78, 5) is 18.1. The first-order chi connectivity index (χ1) is 12.3. The molecule has 1 saturated heterocycles. The van der Waals surface area contributed by atoms with Gasteiger partial charge in [-0.25, -0.2) is 9.67 Å². The zero-order valence-corrected chi connectivity index (χ0v) is 14.9. The Bertz CT molecular complexity index is 806. The van der Waals surface area contributed by atoms with E-state index in [1.807, 2.05) is 6.92 Å². The lowest BCUT2D eigenvalue weighted by molar-refractivity contribution is -0.184. The number of rotatable bonds is 3. The van der Waals surface area contributed by atoms with Crippen LogP contribution in [0.4, 0.5) is 13.2 Å². The van der Waals surface area contributed by atoms with Crippen molar-refractivity contribution >= 4 is 17.5 Å². The average molecular weight is 387 g/mol. The van der Waals surface area contributed by atoms with Crippen LogP contribution in [0.2, 0.25) is 5.02 Å². The van der Waals surface area contributed by atoms with Crippen LogP contribution >= 0.6 is 11.6 Å². The van der Waals surface area contributed by atoms with Crippen molar-refractivity contribution in [1.29, 1.82) is 0 Å². The molecule has 2 heterocycles. The van der Waals surface area contributed by atoms with E-state index in [9.17, 15) is 18.0 Å². The molecule has 26 heavy (non-hydrogen) atoms. The lowest BCUT2D eigenvalue weighted by atomic mass is 9.97. The molecule has 1 aliphatic heterocycles. The number of aromatic nitrogens is 3. The van der Waals surface area contributed by atoms with Crippen molar-refractivity contribution in [2.24, 2.45) is 5.92 Å². The minimum Gasteiger partial charge on any atom is -0.335 e. The number of carbonyl (C=O) groups excluding carboxylic acids is 1. The number of hydrogen-bond donors (Lipinski definition) is 0. The number of amides is 1. The summed E-state index contributed by atoms with van der Waals surface area (Å²) in [5.41, 5.74) is 0.573. The van der Waals surface area contributed by atoms with E-state index in [-0.39, 0.29) is 25.3 Å². The molecule has 1 aromatic carbocycles. The maximum Gasteiger partial charge on any atom is 0.393 e. The van der Waals surface area contributed by atoms with Crippen LogP contribution in [0.5, 0.6) is 0 Å². The molecule has 0 N–H and O–H groups in total. The Morgan fingerprint density at radius 1 is 1.35 bits per heavy atom. The van der Waals surface area contributed by atoms with Crippen LogP contribution < -0.4 is 0 Å². The van der Waals surface area contributed by atoms with Gasteiger partial charge in [-0.2, -0.15) is 13.2 Å². The number of likely N-dealkylation sites (tertiary alicyclic amines) is 1. The third-order valence-corrected chi connectivity index (χ3v) is 4.75. The predicted octanol–water partition coefficient (Wildman–Crippen LogP) is 3.90. The minimum absolute atomic E-state index is 0.0367. The quantitative estimate of drug-likeness (QED) is 0.804. The molecule has 140 valence electrons. The van der Waals surface area contributed by atoms with E-state index in [1.165, 1.54) is 9.58 Å². The van der Waals surface area contributed by atoms with Crippen molar-refractivity contribution < 1.29 is 18.0 Å². The molecular weight excluding hydrogens is 369 g/mol. The minimum atomic E-state index is -4.31. The predicted molar refractivity (Wildman–Crippen MR) is 90.4 cm³/mol. The largest absolute Gasteiger partial charge is 0.393 e. The van der Waals surface area contributed by atoms with Gasteiger partial charge in [-0.3, -0.25) is 4.79 Å². The number of aryl methyl sites for hydroxylation is 1. The van der Waals surface area contributed by atoms with Crippen molar-refractivity contribution in [1.82, 2.24) is 19.7 Å². The van der Waals surface area contributed by atoms with Gasteiger partial charge >= 0.3 is 6.18 Å². The number of carbonyl (C=O) groups is 1. The first-order valence-electron chi connectivity index (χ1n) is 8.38. The van der Waals surface area contributed by atoms with E-state index in [4.69, 9.17) is 11.6 Å². The van der Waals surface area contributed by atoms with Crippen LogP contribution in [-0.2, 0) is 6.42 Å². The number of halogens is 4. The number of para-hydroxylation sites is 1. The van der Waals surface area contributed by atoms with Crippen molar-refractivity contribution in [2.75, 3.05) is 13.1 Å². The summed E-state index contributed by atoms with van der Waals surface area (Å²) in [7, 11) is 0. The van der Waals surface area contributed by atoms with Crippen LogP contribution in [-0.4, -0.2) is 44.8 Å². The molecule has 0 bridgehead atoms. The van der Waals surface area contributed by atoms with E-state index in [0.29, 0.717) is 29.4 Å². The van der Waals surface area contributed by atoms with Gasteiger partial charge in [-0.15, -0.1) is 5.10 Å². The fourth-order valence-corrected chi connectivity index (χ4v) is 3.27. The summed E-state index contributed by atoms with van der Waals surface area (Å²) in [5, 5.41) is 4.67. The SMILES string of the molecule is CCc1nc(C(=O)N2CCC[C@H](C(F)(F)F)C2)nn1-c1ccccc1Cl. The van der Waals surface area contributed by atoms with Crippen LogP contribution in [0.25, 0.3) is 5.69 Å². The Balaban J connectivity index is 1.88. The van der Waals surface area contributed by atoms with Gasteiger partial charge in [-0.05, 0) is 25.0 Å². The van der Waals surface area contributed by atoms with E-state index in [2.05, 4.69) is 10.1 Å². The Hall–Kier alpha value is -2.09. The molecule has 2 aromatic rings. The zero-order valence-electron chi connectivity index (χ0n) is 14.1. The average Bonchev–Trinajstić information content (AvgIpc) is 3.05. The second kappa shape index (κ2) is 7.26. The van der Waals surface area contributed by atoms with Crippen LogP contribution in [0.1, 0.15) is 36.2 Å². The second-order valence-electron chi connectivity index (χ2n) is 6.20. The fourth-order valence-electron chi connectivity index (χ4n) is 3.05. The van der Waals surface area contributed by atoms with Gasteiger partial charge in [0, 0.05) is 19.5 Å². The van der Waals surface area contributed by atoms with E-state index in [0.717, 1.165) is 0 Å². The molecular formula is C17H18ClF3N4O. The summed E-state index contributed by atoms with van der Waals surface area (Å²) in [6.07, 6.45) is -3.47. The Labute approximate surface area is 153 Å². The molecule has 9 heteroatoms. The van der Waals surface area contributed by atoms with Gasteiger partial charge < -0.3 is 4.90 Å². The highest BCUT2D eigenvalue weighted by molar-refractivity contribution is 6.32. The summed E-state index contributed by atoms with van der Waals surface area (Å²) in [6, 6.07) is 6.98. The third kappa shape index (κ3) is 3.70. The maximum atomic E-state index is 13.0. The molecule has 0 radical (unpaired) electrons. The Kier molecular flexibility index (Phi) is 5.22. The molecule has 1 aromatic heterocycles. The first-order valence-corrected chi connectivity index (χ1v) is 8.76. The van der Waals surface area contributed by atoms with E-state index >= 15 is 0 Å². The van der Waals surface area contributed by atoms with Gasteiger partial charge in [-0.1, -0.05) is 30.7 Å². The molecule has 0 aliphatic carbocycles. The molecule has 1 aliphatic rings. The molecule has 1 fully saturated rings. The second-order valence-corrected chi connectivity index (χ2v) is 6.61. The summed E-state index contributed by atoms with van der Waals surface area (Å²) >= 11 is 6.19. The highest BCUT2D eigenvalue weighted by Gasteiger charge is 2.43. The number of hydrogen-bond acceptors (Lipinski definition) is 3. The van der Waals surface area contributed by atoms with Crippen LogP contribution in [0, 0.1) is 5.92 Å². The highest BCUT2D eigenvalue weighted by Crippen LogP contribution is 2.33. The van der Waals surface area contributed by atoms with Crippen molar-refractivity contribution in [2.45, 2.75) is 32.4 Å². The molecule has 1 atom stereocenters. The molecule has 5 nitrogen and oxygen atoms in total. The normalized spacial score (nSPS) is 18.2. The Morgan fingerprint density at radius 3 is 2.73 bits per heavy atom. The molecule has 3 rings (SSSR count). The van der Waals surface area contributed by atoms with E-state index in [1.54, 1.807) is 24.3 Å². The maximum absolute atomic E-state index is 13.0. The summed E-state index contributed by atoms with van der Waals surface area (Å²) in [5.74, 6) is -1.67. The van der Waals surface area contributed by atoms with Crippen molar-refractivity contribution in [3.63, 3.8) is 0 Å². The topological polar surface area (TPSA) is 51.0 Å². The summed E-state index contributed by atoms with van der Waals surface area (Å²) in [6.45, 7) is 1.77. The van der Waals surface area contributed by atoms with Gasteiger partial charge in [0.05, 0.1) is 16.6 Å². The van der Waals surface area contributed by atoms with Crippen LogP contribution in [0.15, 0.2) is 24.3 Å². The monoisotopic (exact) mass is 386 g/mol. The Morgan fingerprint density at radius 2 is 2.08 bits per heavy atom. The molecule has 0 saturated carbocycles. The lowest BCUT2D eigenvalue weighted by Gasteiger charge is -2.33. The number of alkyl halides is 3. The lowest BCUT2D eigenvalue weighted by Crippen LogP contribution is -2.44. The molecule has 1 amide bonds. The third-order valence-electron chi connectivity index (χ3n) is 4.43. The smallest absolute Gasteiger partial charge is 0.335 e. The first kappa shape index (κ1) is 18.7. The van der Waals surface area contributed by atoms with Crippen molar-refractivity contribution in [3.05, 3.63) is 40.9 Å². The standard InChI is InChI=1S/C17H18ClF3N4O/c1-2-14-22-15(23-25(14)13-8-4-3-7-12(13)18)16(26)24-9-5-6-11(10-24)17(19,20)21/h3-4,7-8,11H,2,5-6,9-10H2,1H3/t11-/m0/s1. The summed E-state index contributed by atoms with van der Waals surface area (Å²) < 4.78 is 40.4. The van der Waals surface area contributed by atoms with Gasteiger partial charge in [0.2, 0.25) is 5.82 Å². The van der Waals surface area contributed by atoms with E-state index < -0.39 is 18.0 Å². The van der Waals surface area contributed by atoms with Crippen LogP contribution in [0.3, 0.4) is 0 Å². The molecule has 0 spiro atoms. The van der Waals surface area contributed by atoms with Gasteiger partial charge in [0.25, 0.3) is 5.91 Å². The number of nitrogens with zero attached hydrogens (tertiary/aromatic N) is 4. The molecule has 0 unspecified atom stereocenters. The zero-order chi connectivity index (χ0) is 18.9. The fraction of sp³-hybridized carbons (Fsp3) is 0.471. The highest BCUT2D eigenvalue weighted by atomic mass is 35.5.